The number of aromatic nitrogens is 2. The van der Waals surface area contributed by atoms with Gasteiger partial charge in [-0.15, -0.1) is 0 Å². The van der Waals surface area contributed by atoms with Crippen LogP contribution in [-0.4, -0.2) is 58.9 Å². The first-order valence-electron chi connectivity index (χ1n) is 9.44. The fourth-order valence-corrected chi connectivity index (χ4v) is 3.88. The molecule has 0 saturated carbocycles. The van der Waals surface area contributed by atoms with E-state index in [1.165, 1.54) is 0 Å². The lowest BCUT2D eigenvalue weighted by Gasteiger charge is -2.42. The average Bonchev–Trinajstić information content (AvgIpc) is 3.01. The Morgan fingerprint density at radius 1 is 1.37 bits per heavy atom. The molecule has 0 spiro atoms. The molecule has 1 aliphatic heterocycles. The molecule has 3 rings (SSSR count). The molecule has 2 aromatic rings. The smallest absolute Gasteiger partial charge is 0.228 e. The highest BCUT2D eigenvalue weighted by atomic mass is 16.5. The fourth-order valence-electron chi connectivity index (χ4n) is 3.88. The van der Waals surface area contributed by atoms with E-state index in [2.05, 4.69) is 10.3 Å². The first kappa shape index (κ1) is 19.4. The summed E-state index contributed by atoms with van der Waals surface area (Å²) < 4.78 is 7.77. The molecule has 2 aromatic heterocycles. The number of imidazole rings is 1. The summed E-state index contributed by atoms with van der Waals surface area (Å²) >= 11 is 0. The molecule has 0 aromatic carbocycles. The molecule has 1 N–H and O–H groups in total. The van der Waals surface area contributed by atoms with E-state index in [4.69, 9.17) is 4.74 Å². The minimum Gasteiger partial charge on any atom is -0.376 e. The van der Waals surface area contributed by atoms with Crippen LogP contribution in [0.1, 0.15) is 37.1 Å². The molecule has 1 saturated heterocycles. The molecule has 0 aliphatic carbocycles. The lowest BCUT2D eigenvalue weighted by atomic mass is 9.87. The molecule has 0 bridgehead atoms. The van der Waals surface area contributed by atoms with E-state index < -0.39 is 5.60 Å². The van der Waals surface area contributed by atoms with E-state index in [0.29, 0.717) is 25.8 Å². The highest BCUT2D eigenvalue weighted by molar-refractivity contribution is 5.79. The Kier molecular flexibility index (Phi) is 5.79. The van der Waals surface area contributed by atoms with Crippen LogP contribution in [0.5, 0.6) is 0 Å². The fraction of sp³-hybridized carbons (Fsp3) is 0.550. The van der Waals surface area contributed by atoms with Crippen LogP contribution in [0.4, 0.5) is 0 Å². The maximum Gasteiger partial charge on any atom is 0.228 e. The van der Waals surface area contributed by atoms with Gasteiger partial charge in [-0.25, -0.2) is 4.98 Å². The number of piperidine rings is 1. The van der Waals surface area contributed by atoms with Crippen molar-refractivity contribution >= 4 is 17.5 Å². The number of amides is 2. The number of ether oxygens (including phenoxy) is 1. The maximum absolute atomic E-state index is 13.0. The molecule has 7 heteroatoms. The van der Waals surface area contributed by atoms with Gasteiger partial charge in [0.15, 0.2) is 0 Å². The van der Waals surface area contributed by atoms with Crippen LogP contribution < -0.4 is 5.32 Å². The zero-order chi connectivity index (χ0) is 19.4. The molecular weight excluding hydrogens is 344 g/mol. The standard InChI is InChI=1S/C20H28N4O3/c1-15-16(24-12-5-4-7-17(24)22-15)13-19(26)23-11-6-9-20(14-23,27-3)10-8-18(25)21-2/h4-5,7,12H,6,8-11,13-14H2,1-3H3,(H,21,25). The molecule has 27 heavy (non-hydrogen) atoms. The van der Waals surface area contributed by atoms with Crippen LogP contribution in [-0.2, 0) is 20.7 Å². The summed E-state index contributed by atoms with van der Waals surface area (Å²) in [5, 5.41) is 2.65. The van der Waals surface area contributed by atoms with Crippen molar-refractivity contribution in [1.29, 1.82) is 0 Å². The van der Waals surface area contributed by atoms with Crippen molar-refractivity contribution in [3.8, 4) is 0 Å². The van der Waals surface area contributed by atoms with E-state index in [1.807, 2.05) is 40.6 Å². The van der Waals surface area contributed by atoms with Gasteiger partial charge in [0, 0.05) is 39.9 Å². The van der Waals surface area contributed by atoms with Gasteiger partial charge < -0.3 is 19.4 Å². The lowest BCUT2D eigenvalue weighted by Crippen LogP contribution is -2.52. The summed E-state index contributed by atoms with van der Waals surface area (Å²) in [6.07, 6.45) is 5.00. The number of likely N-dealkylation sites (tertiary alicyclic amines) is 1. The summed E-state index contributed by atoms with van der Waals surface area (Å²) in [4.78, 5) is 31.1. The van der Waals surface area contributed by atoms with Gasteiger partial charge in [0.2, 0.25) is 11.8 Å². The Balaban J connectivity index is 1.72. The minimum atomic E-state index is -0.449. The Morgan fingerprint density at radius 3 is 2.93 bits per heavy atom. The van der Waals surface area contributed by atoms with Crippen molar-refractivity contribution < 1.29 is 14.3 Å². The van der Waals surface area contributed by atoms with Gasteiger partial charge in [-0.2, -0.15) is 0 Å². The zero-order valence-corrected chi connectivity index (χ0v) is 16.3. The van der Waals surface area contributed by atoms with Crippen LogP contribution in [0.2, 0.25) is 0 Å². The first-order valence-corrected chi connectivity index (χ1v) is 9.44. The molecule has 1 atom stereocenters. The van der Waals surface area contributed by atoms with Gasteiger partial charge in [-0.3, -0.25) is 9.59 Å². The van der Waals surface area contributed by atoms with E-state index in [1.54, 1.807) is 14.2 Å². The number of nitrogens with one attached hydrogen (secondary N) is 1. The summed E-state index contributed by atoms with van der Waals surface area (Å²) in [5.41, 5.74) is 2.21. The van der Waals surface area contributed by atoms with Gasteiger partial charge in [-0.1, -0.05) is 6.07 Å². The topological polar surface area (TPSA) is 75.9 Å². The number of fused-ring (bicyclic) bond motifs is 1. The summed E-state index contributed by atoms with van der Waals surface area (Å²) in [6.45, 7) is 3.18. The van der Waals surface area contributed by atoms with Crippen LogP contribution in [0.3, 0.4) is 0 Å². The Labute approximate surface area is 159 Å². The summed E-state index contributed by atoms with van der Waals surface area (Å²) in [7, 11) is 3.31. The van der Waals surface area contributed by atoms with Gasteiger partial charge in [0.25, 0.3) is 0 Å². The van der Waals surface area contributed by atoms with Gasteiger partial charge in [-0.05, 0) is 38.3 Å². The quantitative estimate of drug-likeness (QED) is 0.838. The molecule has 3 heterocycles. The Bertz CT molecular complexity index is 832. The minimum absolute atomic E-state index is 0.00349. The number of carbonyl (C=O) groups is 2. The molecule has 0 radical (unpaired) electrons. The second kappa shape index (κ2) is 8.08. The van der Waals surface area contributed by atoms with Crippen molar-refractivity contribution in [2.45, 2.75) is 44.6 Å². The number of methoxy groups -OCH3 is 1. The van der Waals surface area contributed by atoms with E-state index in [0.717, 1.165) is 36.4 Å². The second-order valence-corrected chi connectivity index (χ2v) is 7.23. The van der Waals surface area contributed by atoms with E-state index in [-0.39, 0.29) is 11.8 Å². The third-order valence-corrected chi connectivity index (χ3v) is 5.56. The molecule has 7 nitrogen and oxygen atoms in total. The van der Waals surface area contributed by atoms with Crippen LogP contribution >= 0.6 is 0 Å². The number of rotatable bonds is 6. The number of pyridine rings is 1. The van der Waals surface area contributed by atoms with Gasteiger partial charge in [0.05, 0.1) is 23.4 Å². The largest absolute Gasteiger partial charge is 0.376 e. The summed E-state index contributed by atoms with van der Waals surface area (Å²) in [6, 6.07) is 5.83. The number of hydrogen-bond acceptors (Lipinski definition) is 4. The molecule has 1 fully saturated rings. The van der Waals surface area contributed by atoms with Crippen molar-refractivity contribution in [2.75, 3.05) is 27.2 Å². The first-order chi connectivity index (χ1) is 13.0. The molecule has 1 aliphatic rings. The highest BCUT2D eigenvalue weighted by Gasteiger charge is 2.37. The van der Waals surface area contributed by atoms with Crippen molar-refractivity contribution in [3.05, 3.63) is 35.8 Å². The predicted molar refractivity (Wildman–Crippen MR) is 102 cm³/mol. The number of carbonyl (C=O) groups excluding carboxylic acids is 2. The lowest BCUT2D eigenvalue weighted by molar-refractivity contribution is -0.141. The Hall–Kier alpha value is -2.41. The number of aryl methyl sites for hydroxylation is 1. The molecular formula is C20H28N4O3. The monoisotopic (exact) mass is 372 g/mol. The maximum atomic E-state index is 13.0. The van der Waals surface area contributed by atoms with Crippen LogP contribution in [0.15, 0.2) is 24.4 Å². The second-order valence-electron chi connectivity index (χ2n) is 7.23. The number of nitrogens with zero attached hydrogens (tertiary/aromatic N) is 3. The molecule has 2 amide bonds. The molecule has 1 unspecified atom stereocenters. The van der Waals surface area contributed by atoms with E-state index >= 15 is 0 Å². The third-order valence-electron chi connectivity index (χ3n) is 5.56. The third kappa shape index (κ3) is 4.13. The van der Waals surface area contributed by atoms with Gasteiger partial charge in [0.1, 0.15) is 5.65 Å². The SMILES string of the molecule is CNC(=O)CCC1(OC)CCCN(C(=O)Cc2c(C)nc3ccccn23)C1. The van der Waals surface area contributed by atoms with Crippen LogP contribution in [0, 0.1) is 6.92 Å². The Morgan fingerprint density at radius 2 is 2.19 bits per heavy atom. The van der Waals surface area contributed by atoms with Crippen molar-refractivity contribution in [1.82, 2.24) is 19.6 Å². The van der Waals surface area contributed by atoms with Crippen molar-refractivity contribution in [2.24, 2.45) is 0 Å². The predicted octanol–water partition coefficient (Wildman–Crippen LogP) is 1.72. The normalized spacial score (nSPS) is 20.0. The van der Waals surface area contributed by atoms with Gasteiger partial charge >= 0.3 is 0 Å². The van der Waals surface area contributed by atoms with E-state index in [9.17, 15) is 9.59 Å². The zero-order valence-electron chi connectivity index (χ0n) is 16.3. The highest BCUT2D eigenvalue weighted by Crippen LogP contribution is 2.30. The number of hydrogen-bond donors (Lipinski definition) is 1. The van der Waals surface area contributed by atoms with Crippen LogP contribution in [0.25, 0.3) is 5.65 Å². The van der Waals surface area contributed by atoms with Crippen molar-refractivity contribution in [3.63, 3.8) is 0 Å². The average molecular weight is 372 g/mol. The summed E-state index contributed by atoms with van der Waals surface area (Å²) in [5.74, 6) is 0.0704. The molecule has 146 valence electrons.